The maximum Gasteiger partial charge on any atom is 0.407 e. The largest absolute Gasteiger partial charge is 0.444 e. The molecule has 1 aromatic heterocycles. The maximum absolute atomic E-state index is 12.7. The zero-order valence-electron chi connectivity index (χ0n) is 18.6. The van der Waals surface area contributed by atoms with E-state index in [0.29, 0.717) is 6.42 Å². The summed E-state index contributed by atoms with van der Waals surface area (Å²) in [4.78, 5) is 28.1. The van der Waals surface area contributed by atoms with Crippen molar-refractivity contribution in [2.45, 2.75) is 57.7 Å². The van der Waals surface area contributed by atoms with E-state index in [1.165, 1.54) is 0 Å². The molecule has 3 rings (SSSR count). The number of carbonyl (C=O) groups is 2. The summed E-state index contributed by atoms with van der Waals surface area (Å²) in [7, 11) is 0. The SMILES string of the molecule is CC(C)(C)OC(=O)NC1CCN(CCC(=O)NC(c2ccccc2)c2cccs2)CC1. The van der Waals surface area contributed by atoms with Crippen molar-refractivity contribution in [2.24, 2.45) is 0 Å². The van der Waals surface area contributed by atoms with E-state index in [-0.39, 0.29) is 24.1 Å². The zero-order valence-corrected chi connectivity index (χ0v) is 19.4. The van der Waals surface area contributed by atoms with Crippen molar-refractivity contribution in [1.29, 1.82) is 0 Å². The number of hydrogen-bond acceptors (Lipinski definition) is 5. The summed E-state index contributed by atoms with van der Waals surface area (Å²) in [5, 5.41) is 8.19. The van der Waals surface area contributed by atoms with Crippen LogP contribution in [0.1, 0.15) is 56.5 Å². The Morgan fingerprint density at radius 2 is 1.84 bits per heavy atom. The third-order valence-electron chi connectivity index (χ3n) is 5.23. The zero-order chi connectivity index (χ0) is 22.3. The molecule has 31 heavy (non-hydrogen) atoms. The van der Waals surface area contributed by atoms with Crippen LogP contribution in [0.15, 0.2) is 47.8 Å². The molecule has 2 heterocycles. The van der Waals surface area contributed by atoms with Gasteiger partial charge >= 0.3 is 6.09 Å². The molecule has 2 aromatic rings. The van der Waals surface area contributed by atoms with E-state index in [9.17, 15) is 9.59 Å². The minimum Gasteiger partial charge on any atom is -0.444 e. The topological polar surface area (TPSA) is 70.7 Å². The molecule has 2 N–H and O–H groups in total. The molecule has 2 amide bonds. The van der Waals surface area contributed by atoms with E-state index in [1.54, 1.807) is 11.3 Å². The molecule has 6 nitrogen and oxygen atoms in total. The molecule has 1 saturated heterocycles. The Labute approximate surface area is 189 Å². The van der Waals surface area contributed by atoms with Gasteiger partial charge in [-0.15, -0.1) is 11.3 Å². The molecule has 0 saturated carbocycles. The lowest BCUT2D eigenvalue weighted by molar-refractivity contribution is -0.122. The van der Waals surface area contributed by atoms with E-state index < -0.39 is 5.60 Å². The van der Waals surface area contributed by atoms with Crippen molar-refractivity contribution in [1.82, 2.24) is 15.5 Å². The summed E-state index contributed by atoms with van der Waals surface area (Å²) in [6.07, 6.45) is 1.83. The molecule has 0 radical (unpaired) electrons. The lowest BCUT2D eigenvalue weighted by Crippen LogP contribution is -2.46. The van der Waals surface area contributed by atoms with Gasteiger partial charge < -0.3 is 20.3 Å². The lowest BCUT2D eigenvalue weighted by Gasteiger charge is -2.32. The number of benzene rings is 1. The van der Waals surface area contributed by atoms with Crippen LogP contribution in [-0.4, -0.2) is 48.2 Å². The number of hydrogen-bond donors (Lipinski definition) is 2. The van der Waals surface area contributed by atoms with Crippen LogP contribution >= 0.6 is 11.3 Å². The van der Waals surface area contributed by atoms with Gasteiger partial charge in [0.1, 0.15) is 5.60 Å². The number of ether oxygens (including phenoxy) is 1. The van der Waals surface area contributed by atoms with Gasteiger partial charge in [-0.3, -0.25) is 4.79 Å². The van der Waals surface area contributed by atoms with Crippen LogP contribution in [0, 0.1) is 0 Å². The van der Waals surface area contributed by atoms with Gasteiger partial charge in [0.05, 0.1) is 6.04 Å². The van der Waals surface area contributed by atoms with Crippen LogP contribution in [0.5, 0.6) is 0 Å². The van der Waals surface area contributed by atoms with Crippen molar-refractivity contribution in [3.8, 4) is 0 Å². The van der Waals surface area contributed by atoms with E-state index in [0.717, 1.165) is 42.9 Å². The van der Waals surface area contributed by atoms with Crippen LogP contribution in [0.4, 0.5) is 4.79 Å². The summed E-state index contributed by atoms with van der Waals surface area (Å²) in [6, 6.07) is 14.2. The van der Waals surface area contributed by atoms with Crippen molar-refractivity contribution >= 4 is 23.3 Å². The minimum absolute atomic E-state index is 0.0521. The van der Waals surface area contributed by atoms with Crippen LogP contribution in [0.25, 0.3) is 0 Å². The molecule has 1 unspecified atom stereocenters. The Hall–Kier alpha value is -2.38. The normalized spacial score (nSPS) is 16.5. The Morgan fingerprint density at radius 3 is 2.45 bits per heavy atom. The van der Waals surface area contributed by atoms with E-state index in [4.69, 9.17) is 4.74 Å². The molecule has 1 aliphatic heterocycles. The Morgan fingerprint density at radius 1 is 1.13 bits per heavy atom. The van der Waals surface area contributed by atoms with E-state index in [2.05, 4.69) is 21.6 Å². The highest BCUT2D eigenvalue weighted by molar-refractivity contribution is 7.10. The monoisotopic (exact) mass is 443 g/mol. The predicted molar refractivity (Wildman–Crippen MR) is 124 cm³/mol. The van der Waals surface area contributed by atoms with Crippen LogP contribution in [-0.2, 0) is 9.53 Å². The predicted octanol–water partition coefficient (Wildman–Crippen LogP) is 4.33. The van der Waals surface area contributed by atoms with Crippen molar-refractivity contribution in [3.63, 3.8) is 0 Å². The van der Waals surface area contributed by atoms with Crippen LogP contribution in [0.2, 0.25) is 0 Å². The summed E-state index contributed by atoms with van der Waals surface area (Å²) in [5.74, 6) is 0.0521. The molecular weight excluding hydrogens is 410 g/mol. The highest BCUT2D eigenvalue weighted by atomic mass is 32.1. The summed E-state index contributed by atoms with van der Waals surface area (Å²) < 4.78 is 5.33. The molecule has 0 spiro atoms. The second-order valence-corrected chi connectivity index (χ2v) is 9.92. The number of nitrogens with one attached hydrogen (secondary N) is 2. The first-order chi connectivity index (χ1) is 14.8. The van der Waals surface area contributed by atoms with Gasteiger partial charge in [-0.2, -0.15) is 0 Å². The Balaban J connectivity index is 1.43. The molecule has 1 atom stereocenters. The van der Waals surface area contributed by atoms with Gasteiger partial charge in [0.2, 0.25) is 5.91 Å². The van der Waals surface area contributed by atoms with Crippen molar-refractivity contribution < 1.29 is 14.3 Å². The fourth-order valence-electron chi connectivity index (χ4n) is 3.69. The first kappa shape index (κ1) is 23.3. The Kier molecular flexibility index (Phi) is 8.09. The first-order valence-electron chi connectivity index (χ1n) is 10.9. The second-order valence-electron chi connectivity index (χ2n) is 8.94. The van der Waals surface area contributed by atoms with Crippen molar-refractivity contribution in [2.75, 3.05) is 19.6 Å². The van der Waals surface area contributed by atoms with Gasteiger partial charge in [-0.1, -0.05) is 36.4 Å². The molecule has 1 fully saturated rings. The van der Waals surface area contributed by atoms with Crippen LogP contribution in [0.3, 0.4) is 0 Å². The highest BCUT2D eigenvalue weighted by Crippen LogP contribution is 2.26. The maximum atomic E-state index is 12.7. The third-order valence-corrected chi connectivity index (χ3v) is 6.17. The smallest absolute Gasteiger partial charge is 0.407 e. The van der Waals surface area contributed by atoms with Gasteiger partial charge in [-0.25, -0.2) is 4.79 Å². The molecule has 1 aromatic carbocycles. The number of carbonyl (C=O) groups excluding carboxylic acids is 2. The average Bonchev–Trinajstić information content (AvgIpc) is 3.25. The van der Waals surface area contributed by atoms with Gasteiger partial charge in [0, 0.05) is 37.0 Å². The van der Waals surface area contributed by atoms with E-state index in [1.807, 2.05) is 62.5 Å². The first-order valence-corrected chi connectivity index (χ1v) is 11.8. The molecule has 1 aliphatic rings. The summed E-state index contributed by atoms with van der Waals surface area (Å²) >= 11 is 1.65. The standard InChI is InChI=1S/C24H33N3O3S/c1-24(2,3)30-23(29)25-19-11-14-27(15-12-19)16-13-21(28)26-22(20-10-7-17-31-20)18-8-5-4-6-9-18/h4-10,17,19,22H,11-16H2,1-3H3,(H,25,29)(H,26,28). The highest BCUT2D eigenvalue weighted by Gasteiger charge is 2.24. The molecule has 7 heteroatoms. The van der Waals surface area contributed by atoms with Gasteiger partial charge in [-0.05, 0) is 50.6 Å². The molecule has 168 valence electrons. The molecule has 0 aliphatic carbocycles. The number of nitrogens with zero attached hydrogens (tertiary/aromatic N) is 1. The van der Waals surface area contributed by atoms with Crippen molar-refractivity contribution in [3.05, 3.63) is 58.3 Å². The average molecular weight is 444 g/mol. The number of likely N-dealkylation sites (tertiary alicyclic amines) is 1. The number of piperidine rings is 1. The fraction of sp³-hybridized carbons (Fsp3) is 0.500. The molecular formula is C24H33N3O3S. The number of thiophene rings is 1. The quantitative estimate of drug-likeness (QED) is 0.668. The third kappa shape index (κ3) is 7.67. The second kappa shape index (κ2) is 10.8. The number of alkyl carbamates (subject to hydrolysis) is 1. The number of amides is 2. The Bertz CT molecular complexity index is 826. The fourth-order valence-corrected chi connectivity index (χ4v) is 4.49. The summed E-state index contributed by atoms with van der Waals surface area (Å²) in [5.41, 5.74) is 0.603. The minimum atomic E-state index is -0.487. The molecule has 0 bridgehead atoms. The van der Waals surface area contributed by atoms with Gasteiger partial charge in [0.15, 0.2) is 0 Å². The summed E-state index contributed by atoms with van der Waals surface area (Å²) in [6.45, 7) is 8.03. The number of rotatable bonds is 7. The van der Waals surface area contributed by atoms with Crippen LogP contribution < -0.4 is 10.6 Å². The van der Waals surface area contributed by atoms with Gasteiger partial charge in [0.25, 0.3) is 0 Å². The lowest BCUT2D eigenvalue weighted by atomic mass is 10.0. The van der Waals surface area contributed by atoms with E-state index >= 15 is 0 Å².